The third kappa shape index (κ3) is 3.82. The number of primary amides is 1. The highest BCUT2D eigenvalue weighted by atomic mass is 16.6. The maximum absolute atomic E-state index is 12.1. The molecule has 0 radical (unpaired) electrons. The number of urea groups is 1. The first kappa shape index (κ1) is 16.4. The third-order valence-corrected chi connectivity index (χ3v) is 2.96. The van der Waals surface area contributed by atoms with Crippen molar-refractivity contribution in [2.75, 3.05) is 20.3 Å². The van der Waals surface area contributed by atoms with Gasteiger partial charge in [-0.3, -0.25) is 10.1 Å². The highest BCUT2D eigenvalue weighted by Gasteiger charge is 2.24. The average molecular weight is 324 g/mol. The first-order chi connectivity index (χ1) is 10.9. The van der Waals surface area contributed by atoms with E-state index in [1.165, 1.54) is 26.2 Å². The lowest BCUT2D eigenvalue weighted by Crippen LogP contribution is -2.42. The predicted octanol–water partition coefficient (Wildman–Crippen LogP) is 0.207. The average Bonchev–Trinajstić information content (AvgIpc) is 2.52. The zero-order chi connectivity index (χ0) is 17.0. The SMILES string of the molecule is COc1cc(C(=O)O[C@@H](C)C(=O)NC(N)=O)cc2c1OCCO2. The second kappa shape index (κ2) is 6.86. The van der Waals surface area contributed by atoms with Crippen molar-refractivity contribution in [1.29, 1.82) is 0 Å². The summed E-state index contributed by atoms with van der Waals surface area (Å²) in [6, 6.07) is 1.81. The molecule has 0 spiro atoms. The van der Waals surface area contributed by atoms with E-state index in [1.54, 1.807) is 0 Å². The van der Waals surface area contributed by atoms with Gasteiger partial charge in [0, 0.05) is 0 Å². The van der Waals surface area contributed by atoms with Gasteiger partial charge in [0.05, 0.1) is 12.7 Å². The smallest absolute Gasteiger partial charge is 0.339 e. The number of imide groups is 1. The monoisotopic (exact) mass is 324 g/mol. The first-order valence-electron chi connectivity index (χ1n) is 6.71. The molecule has 0 aromatic heterocycles. The van der Waals surface area contributed by atoms with Crippen molar-refractivity contribution in [2.45, 2.75) is 13.0 Å². The minimum atomic E-state index is -1.20. The van der Waals surface area contributed by atoms with Crippen LogP contribution in [0, 0.1) is 0 Å². The van der Waals surface area contributed by atoms with E-state index in [9.17, 15) is 14.4 Å². The van der Waals surface area contributed by atoms with Crippen molar-refractivity contribution in [3.63, 3.8) is 0 Å². The van der Waals surface area contributed by atoms with Gasteiger partial charge in [0.25, 0.3) is 5.91 Å². The van der Waals surface area contributed by atoms with E-state index in [1.807, 2.05) is 5.32 Å². The van der Waals surface area contributed by atoms with Gasteiger partial charge in [-0.2, -0.15) is 0 Å². The van der Waals surface area contributed by atoms with Gasteiger partial charge < -0.3 is 24.7 Å². The second-order valence-electron chi connectivity index (χ2n) is 4.60. The summed E-state index contributed by atoms with van der Waals surface area (Å²) in [5.74, 6) is -0.558. The molecule has 124 valence electrons. The third-order valence-electron chi connectivity index (χ3n) is 2.96. The number of methoxy groups -OCH3 is 1. The molecule has 1 aromatic rings. The van der Waals surface area contributed by atoms with E-state index in [-0.39, 0.29) is 5.56 Å². The largest absolute Gasteiger partial charge is 0.493 e. The number of carbonyl (C=O) groups excluding carboxylic acids is 3. The molecule has 0 bridgehead atoms. The van der Waals surface area contributed by atoms with Crippen LogP contribution in [0.1, 0.15) is 17.3 Å². The van der Waals surface area contributed by atoms with Crippen molar-refractivity contribution in [2.24, 2.45) is 5.73 Å². The normalized spacial score (nSPS) is 13.7. The molecule has 9 nitrogen and oxygen atoms in total. The Hall–Kier alpha value is -2.97. The van der Waals surface area contributed by atoms with E-state index in [0.717, 1.165) is 0 Å². The Kier molecular flexibility index (Phi) is 4.89. The number of nitrogens with one attached hydrogen (secondary N) is 1. The molecule has 1 heterocycles. The fourth-order valence-electron chi connectivity index (χ4n) is 1.90. The first-order valence-corrected chi connectivity index (χ1v) is 6.71. The van der Waals surface area contributed by atoms with Crippen molar-refractivity contribution < 1.29 is 33.3 Å². The molecule has 9 heteroatoms. The lowest BCUT2D eigenvalue weighted by atomic mass is 10.1. The Morgan fingerprint density at radius 2 is 1.96 bits per heavy atom. The van der Waals surface area contributed by atoms with Gasteiger partial charge in [0.15, 0.2) is 17.6 Å². The van der Waals surface area contributed by atoms with E-state index >= 15 is 0 Å². The number of benzene rings is 1. The van der Waals surface area contributed by atoms with Gasteiger partial charge in [0.2, 0.25) is 5.75 Å². The molecule has 0 saturated heterocycles. The summed E-state index contributed by atoms with van der Waals surface area (Å²) in [5, 5.41) is 1.83. The summed E-state index contributed by atoms with van der Waals surface area (Å²) >= 11 is 0. The minimum absolute atomic E-state index is 0.116. The highest BCUT2D eigenvalue weighted by Crippen LogP contribution is 2.40. The number of amides is 3. The molecule has 1 aromatic carbocycles. The zero-order valence-corrected chi connectivity index (χ0v) is 12.6. The van der Waals surface area contributed by atoms with Gasteiger partial charge in [-0.1, -0.05) is 0 Å². The molecule has 0 fully saturated rings. The van der Waals surface area contributed by atoms with E-state index in [2.05, 4.69) is 0 Å². The number of carbonyl (C=O) groups is 3. The summed E-state index contributed by atoms with van der Waals surface area (Å²) in [7, 11) is 1.42. The zero-order valence-electron chi connectivity index (χ0n) is 12.6. The highest BCUT2D eigenvalue weighted by molar-refractivity contribution is 5.98. The standard InChI is InChI=1S/C14H16N2O7/c1-7(12(17)16-14(15)19)23-13(18)8-5-9(20-2)11-10(6-8)21-3-4-22-11/h5-7H,3-4H2,1-2H3,(H3,15,16,17,19)/t7-/m0/s1. The summed E-state index contributed by atoms with van der Waals surface area (Å²) in [6.07, 6.45) is -1.20. The Balaban J connectivity index is 2.16. The molecular weight excluding hydrogens is 308 g/mol. The van der Waals surface area contributed by atoms with Crippen LogP contribution in [0.2, 0.25) is 0 Å². The van der Waals surface area contributed by atoms with Gasteiger partial charge in [0.1, 0.15) is 13.2 Å². The van der Waals surface area contributed by atoms with Gasteiger partial charge in [-0.05, 0) is 19.1 Å². The van der Waals surface area contributed by atoms with Crippen LogP contribution in [0.3, 0.4) is 0 Å². The van der Waals surface area contributed by atoms with Crippen LogP contribution in [0.25, 0.3) is 0 Å². The summed E-state index contributed by atoms with van der Waals surface area (Å²) in [6.45, 7) is 2.02. The molecule has 1 aliphatic heterocycles. The van der Waals surface area contributed by atoms with Crippen LogP contribution in [0.4, 0.5) is 4.79 Å². The summed E-state index contributed by atoms with van der Waals surface area (Å²) in [4.78, 5) is 34.3. The number of hydrogen-bond donors (Lipinski definition) is 2. The number of esters is 1. The second-order valence-corrected chi connectivity index (χ2v) is 4.60. The molecule has 23 heavy (non-hydrogen) atoms. The number of rotatable bonds is 4. The maximum Gasteiger partial charge on any atom is 0.339 e. The van der Waals surface area contributed by atoms with Crippen molar-refractivity contribution in [1.82, 2.24) is 5.32 Å². The lowest BCUT2D eigenvalue weighted by molar-refractivity contribution is -0.127. The molecule has 2 rings (SSSR count). The fourth-order valence-corrected chi connectivity index (χ4v) is 1.90. The van der Waals surface area contributed by atoms with Crippen LogP contribution in [0.5, 0.6) is 17.2 Å². The minimum Gasteiger partial charge on any atom is -0.493 e. The predicted molar refractivity (Wildman–Crippen MR) is 76.6 cm³/mol. The van der Waals surface area contributed by atoms with Crippen LogP contribution < -0.4 is 25.3 Å². The molecule has 3 amide bonds. The Labute approximate surface area is 131 Å². The number of hydrogen-bond acceptors (Lipinski definition) is 7. The van der Waals surface area contributed by atoms with Gasteiger partial charge in [-0.15, -0.1) is 0 Å². The van der Waals surface area contributed by atoms with Gasteiger partial charge >= 0.3 is 12.0 Å². The van der Waals surface area contributed by atoms with E-state index < -0.39 is 24.0 Å². The number of nitrogens with two attached hydrogens (primary N) is 1. The Morgan fingerprint density at radius 1 is 1.26 bits per heavy atom. The van der Waals surface area contributed by atoms with Crippen LogP contribution >= 0.6 is 0 Å². The maximum atomic E-state index is 12.1. The molecule has 3 N–H and O–H groups in total. The molecular formula is C14H16N2O7. The van der Waals surface area contributed by atoms with Gasteiger partial charge in [-0.25, -0.2) is 9.59 Å². The quantitative estimate of drug-likeness (QED) is 0.758. The topological polar surface area (TPSA) is 126 Å². The van der Waals surface area contributed by atoms with E-state index in [0.29, 0.717) is 30.5 Å². The lowest BCUT2D eigenvalue weighted by Gasteiger charge is -2.21. The summed E-state index contributed by atoms with van der Waals surface area (Å²) in [5.41, 5.74) is 4.94. The number of fused-ring (bicyclic) bond motifs is 1. The van der Waals surface area contributed by atoms with Crippen LogP contribution in [0.15, 0.2) is 12.1 Å². The Morgan fingerprint density at radius 3 is 2.61 bits per heavy atom. The molecule has 1 aliphatic rings. The molecule has 1 atom stereocenters. The Bertz CT molecular complexity index is 627. The van der Waals surface area contributed by atoms with Crippen molar-refractivity contribution in [3.05, 3.63) is 17.7 Å². The molecule has 0 saturated carbocycles. The van der Waals surface area contributed by atoms with E-state index in [4.69, 9.17) is 24.7 Å². The fraction of sp³-hybridized carbons (Fsp3) is 0.357. The summed E-state index contributed by atoms with van der Waals surface area (Å²) < 4.78 is 21.0. The molecule has 0 aliphatic carbocycles. The van der Waals surface area contributed by atoms with Crippen LogP contribution in [-0.4, -0.2) is 44.3 Å². The molecule has 0 unspecified atom stereocenters. The van der Waals surface area contributed by atoms with Crippen molar-refractivity contribution >= 4 is 17.9 Å². The van der Waals surface area contributed by atoms with Crippen molar-refractivity contribution in [3.8, 4) is 17.2 Å². The number of ether oxygens (including phenoxy) is 4. The van der Waals surface area contributed by atoms with Crippen LogP contribution in [-0.2, 0) is 9.53 Å².